The van der Waals surface area contributed by atoms with Gasteiger partial charge >= 0.3 is 5.97 Å². The minimum atomic E-state index is -3.58. The lowest BCUT2D eigenvalue weighted by Gasteiger charge is -2.02. The Morgan fingerprint density at radius 1 is 1.38 bits per heavy atom. The Hall–Kier alpha value is -1.62. The highest BCUT2D eigenvalue weighted by molar-refractivity contribution is 7.95. The molecule has 1 aliphatic heterocycles. The van der Waals surface area contributed by atoms with Crippen molar-refractivity contribution in [3.05, 3.63) is 34.2 Å². The Morgan fingerprint density at radius 2 is 2.06 bits per heavy atom. The van der Waals surface area contributed by atoms with Gasteiger partial charge in [0, 0.05) is 0 Å². The summed E-state index contributed by atoms with van der Waals surface area (Å²) in [5.74, 6) is -1.14. The van der Waals surface area contributed by atoms with Gasteiger partial charge in [-0.15, -0.1) is 0 Å². The number of fused-ring (bicyclic) bond motifs is 1. The van der Waals surface area contributed by atoms with Crippen LogP contribution in [0.3, 0.4) is 0 Å². The molecule has 1 heterocycles. The number of sulfone groups is 1. The van der Waals surface area contributed by atoms with E-state index < -0.39 is 22.2 Å². The number of hydrogen-bond donors (Lipinski definition) is 1. The average molecular weight is 238 g/mol. The van der Waals surface area contributed by atoms with Crippen molar-refractivity contribution < 1.29 is 18.3 Å². The maximum Gasteiger partial charge on any atom is 0.308 e. The largest absolute Gasteiger partial charge is 0.481 e. The lowest BCUT2D eigenvalue weighted by atomic mass is 10.1. The second-order valence-electron chi connectivity index (χ2n) is 3.73. The Labute approximate surface area is 93.1 Å². The molecule has 0 bridgehead atoms. The number of aryl methyl sites for hydroxylation is 1. The standard InChI is InChI=1S/C11H10O4S/c1-7-2-3-8-5-9(6-11(12)13)16(14,15)10(8)4-7/h2-5H,6H2,1H3,(H,12,13). The van der Waals surface area contributed by atoms with E-state index >= 15 is 0 Å². The molecule has 84 valence electrons. The Balaban J connectivity index is 2.56. The van der Waals surface area contributed by atoms with Crippen LogP contribution >= 0.6 is 0 Å². The topological polar surface area (TPSA) is 71.4 Å². The molecule has 1 N–H and O–H groups in total. The van der Waals surface area contributed by atoms with E-state index in [1.165, 1.54) is 6.08 Å². The molecule has 4 nitrogen and oxygen atoms in total. The molecule has 0 saturated heterocycles. The van der Waals surface area contributed by atoms with Crippen LogP contribution in [0.4, 0.5) is 0 Å². The number of hydrogen-bond acceptors (Lipinski definition) is 3. The highest BCUT2D eigenvalue weighted by Gasteiger charge is 2.30. The van der Waals surface area contributed by atoms with Gasteiger partial charge in [0.05, 0.1) is 16.2 Å². The van der Waals surface area contributed by atoms with Crippen LogP contribution in [0.15, 0.2) is 28.0 Å². The van der Waals surface area contributed by atoms with E-state index in [4.69, 9.17) is 5.11 Å². The van der Waals surface area contributed by atoms with Gasteiger partial charge in [-0.05, 0) is 30.2 Å². The molecular formula is C11H10O4S. The van der Waals surface area contributed by atoms with Crippen LogP contribution in [0.1, 0.15) is 17.5 Å². The number of benzene rings is 1. The minimum absolute atomic E-state index is 0.0411. The van der Waals surface area contributed by atoms with Gasteiger partial charge in [0.2, 0.25) is 9.84 Å². The van der Waals surface area contributed by atoms with Crippen molar-refractivity contribution in [3.8, 4) is 0 Å². The molecule has 1 aromatic carbocycles. The highest BCUT2D eigenvalue weighted by Crippen LogP contribution is 2.34. The summed E-state index contributed by atoms with van der Waals surface area (Å²) in [5.41, 5.74) is 1.41. The van der Waals surface area contributed by atoms with Crippen molar-refractivity contribution in [2.24, 2.45) is 0 Å². The van der Waals surface area contributed by atoms with Crippen LogP contribution in [0, 0.1) is 6.92 Å². The zero-order valence-corrected chi connectivity index (χ0v) is 9.41. The van der Waals surface area contributed by atoms with Crippen LogP contribution in [0.2, 0.25) is 0 Å². The molecule has 0 fully saturated rings. The van der Waals surface area contributed by atoms with E-state index in [1.54, 1.807) is 25.1 Å². The predicted octanol–water partition coefficient (Wildman–Crippen LogP) is 1.60. The SMILES string of the molecule is Cc1ccc2c(c1)S(=O)(=O)C(CC(=O)O)=C2. The van der Waals surface area contributed by atoms with Crippen molar-refractivity contribution in [2.75, 3.05) is 0 Å². The summed E-state index contributed by atoms with van der Waals surface area (Å²) in [4.78, 5) is 10.7. The molecule has 1 aromatic rings. The smallest absolute Gasteiger partial charge is 0.308 e. The molecule has 0 amide bonds. The van der Waals surface area contributed by atoms with E-state index in [2.05, 4.69) is 0 Å². The fourth-order valence-corrected chi connectivity index (χ4v) is 3.34. The summed E-state index contributed by atoms with van der Waals surface area (Å²) in [6, 6.07) is 5.06. The van der Waals surface area contributed by atoms with E-state index in [0.29, 0.717) is 5.56 Å². The number of rotatable bonds is 2. The Kier molecular flexibility index (Phi) is 2.35. The lowest BCUT2D eigenvalue weighted by molar-refractivity contribution is -0.136. The molecule has 0 spiro atoms. The third kappa shape index (κ3) is 1.63. The van der Waals surface area contributed by atoms with E-state index in [9.17, 15) is 13.2 Å². The maximum atomic E-state index is 11.9. The number of carbonyl (C=O) groups is 1. The van der Waals surface area contributed by atoms with Gasteiger partial charge in [-0.2, -0.15) is 0 Å². The van der Waals surface area contributed by atoms with Crippen molar-refractivity contribution in [1.82, 2.24) is 0 Å². The molecule has 0 saturated carbocycles. The van der Waals surface area contributed by atoms with Gasteiger partial charge in [-0.3, -0.25) is 4.79 Å². The van der Waals surface area contributed by atoms with Crippen LogP contribution in [0.25, 0.3) is 6.08 Å². The van der Waals surface area contributed by atoms with Crippen LogP contribution in [-0.4, -0.2) is 19.5 Å². The Bertz CT molecular complexity index is 596. The molecule has 2 rings (SSSR count). The van der Waals surface area contributed by atoms with E-state index in [0.717, 1.165) is 5.56 Å². The second kappa shape index (κ2) is 3.45. The third-order valence-corrected chi connectivity index (χ3v) is 4.33. The zero-order valence-electron chi connectivity index (χ0n) is 8.60. The second-order valence-corrected chi connectivity index (χ2v) is 5.70. The summed E-state index contributed by atoms with van der Waals surface area (Å²) < 4.78 is 23.9. The van der Waals surface area contributed by atoms with Crippen LogP contribution in [-0.2, 0) is 14.6 Å². The fraction of sp³-hybridized carbons (Fsp3) is 0.182. The number of aliphatic carboxylic acids is 1. The summed E-state index contributed by atoms with van der Waals surface area (Å²) in [5, 5.41) is 8.63. The maximum absolute atomic E-state index is 11.9. The number of carboxylic acids is 1. The fourth-order valence-electron chi connectivity index (χ4n) is 1.68. The zero-order chi connectivity index (χ0) is 11.9. The molecule has 0 aliphatic carbocycles. The monoisotopic (exact) mass is 238 g/mol. The summed E-state index contributed by atoms with van der Waals surface area (Å²) >= 11 is 0. The highest BCUT2D eigenvalue weighted by atomic mass is 32.2. The van der Waals surface area contributed by atoms with Crippen LogP contribution < -0.4 is 0 Å². The molecule has 0 aromatic heterocycles. The summed E-state index contributed by atoms with van der Waals surface area (Å²) in [6.07, 6.45) is 0.967. The molecule has 5 heteroatoms. The van der Waals surface area contributed by atoms with Crippen molar-refractivity contribution in [3.63, 3.8) is 0 Å². The first-order valence-electron chi connectivity index (χ1n) is 4.69. The number of carboxylic acid groups (broad SMARTS) is 1. The van der Waals surface area contributed by atoms with Gasteiger partial charge < -0.3 is 5.11 Å². The predicted molar refractivity (Wildman–Crippen MR) is 58.6 cm³/mol. The van der Waals surface area contributed by atoms with Crippen LogP contribution in [0.5, 0.6) is 0 Å². The van der Waals surface area contributed by atoms with Crippen molar-refractivity contribution in [2.45, 2.75) is 18.2 Å². The van der Waals surface area contributed by atoms with Gasteiger partial charge in [0.15, 0.2) is 0 Å². The summed E-state index contributed by atoms with van der Waals surface area (Å²) in [7, 11) is -3.58. The third-order valence-electron chi connectivity index (χ3n) is 2.45. The van der Waals surface area contributed by atoms with E-state index in [1.807, 2.05) is 0 Å². The lowest BCUT2D eigenvalue weighted by Crippen LogP contribution is -2.05. The first kappa shape index (κ1) is 10.9. The molecule has 1 aliphatic rings. The molecule has 0 unspecified atom stereocenters. The molecule has 0 atom stereocenters. The summed E-state index contributed by atoms with van der Waals surface area (Å²) in [6.45, 7) is 1.80. The van der Waals surface area contributed by atoms with Gasteiger partial charge in [0.25, 0.3) is 0 Å². The van der Waals surface area contributed by atoms with Gasteiger partial charge in [0.1, 0.15) is 0 Å². The van der Waals surface area contributed by atoms with Crippen molar-refractivity contribution >= 4 is 21.9 Å². The molecular weight excluding hydrogens is 228 g/mol. The minimum Gasteiger partial charge on any atom is -0.481 e. The molecule has 0 radical (unpaired) electrons. The van der Waals surface area contributed by atoms with Gasteiger partial charge in [-0.25, -0.2) is 8.42 Å². The first-order valence-corrected chi connectivity index (χ1v) is 6.17. The van der Waals surface area contributed by atoms with Gasteiger partial charge in [-0.1, -0.05) is 12.1 Å². The normalized spacial score (nSPS) is 16.7. The van der Waals surface area contributed by atoms with E-state index in [-0.39, 0.29) is 9.80 Å². The Morgan fingerprint density at radius 3 is 2.69 bits per heavy atom. The van der Waals surface area contributed by atoms with Crippen molar-refractivity contribution in [1.29, 1.82) is 0 Å². The average Bonchev–Trinajstić information content (AvgIpc) is 2.40. The quantitative estimate of drug-likeness (QED) is 0.849. The molecule has 16 heavy (non-hydrogen) atoms. The first-order chi connectivity index (χ1) is 7.41.